The van der Waals surface area contributed by atoms with Crippen molar-refractivity contribution in [2.75, 3.05) is 4.90 Å². The molecule has 0 aliphatic rings. The van der Waals surface area contributed by atoms with Crippen LogP contribution in [-0.2, 0) is 0 Å². The first-order chi connectivity index (χ1) is 28.7. The Kier molecular flexibility index (Phi) is 8.19. The van der Waals surface area contributed by atoms with E-state index >= 15 is 0 Å². The number of hydrogen-bond donors (Lipinski definition) is 0. The van der Waals surface area contributed by atoms with Crippen LogP contribution in [0.15, 0.2) is 229 Å². The summed E-state index contributed by atoms with van der Waals surface area (Å²) in [6.07, 6.45) is 0. The van der Waals surface area contributed by atoms with Gasteiger partial charge < -0.3 is 9.32 Å². The molecule has 10 aromatic carbocycles. The molecule has 0 saturated carbocycles. The first-order valence-corrected chi connectivity index (χ1v) is 19.8. The Hall–Kier alpha value is -7.68. The number of rotatable bonds is 7. The van der Waals surface area contributed by atoms with Gasteiger partial charge >= 0.3 is 0 Å². The van der Waals surface area contributed by atoms with E-state index in [4.69, 9.17) is 4.42 Å². The average Bonchev–Trinajstić information content (AvgIpc) is 3.67. The van der Waals surface area contributed by atoms with Crippen molar-refractivity contribution in [2.24, 2.45) is 0 Å². The molecule has 0 amide bonds. The van der Waals surface area contributed by atoms with Gasteiger partial charge in [0.2, 0.25) is 0 Å². The van der Waals surface area contributed by atoms with Gasteiger partial charge in [-0.25, -0.2) is 0 Å². The fraction of sp³-hybridized carbons (Fsp3) is 0. The maximum Gasteiger partial charge on any atom is 0.137 e. The normalized spacial score (nSPS) is 11.4. The van der Waals surface area contributed by atoms with Crippen LogP contribution in [0.25, 0.3) is 88.0 Å². The molecule has 0 fully saturated rings. The second kappa shape index (κ2) is 14.1. The van der Waals surface area contributed by atoms with E-state index in [0.717, 1.165) is 61.3 Å². The summed E-state index contributed by atoms with van der Waals surface area (Å²) in [6, 6.07) is 80.7. The first kappa shape index (κ1) is 33.6. The fourth-order valence-electron chi connectivity index (χ4n) is 8.63. The van der Waals surface area contributed by atoms with Gasteiger partial charge in [-0.3, -0.25) is 0 Å². The molecular weight excluding hydrogens is 703 g/mol. The zero-order valence-corrected chi connectivity index (χ0v) is 31.7. The number of furan rings is 1. The molecule has 0 radical (unpaired) electrons. The second-order valence-electron chi connectivity index (χ2n) is 14.9. The summed E-state index contributed by atoms with van der Waals surface area (Å²) >= 11 is 0. The van der Waals surface area contributed by atoms with Gasteiger partial charge in [0.15, 0.2) is 0 Å². The van der Waals surface area contributed by atoms with Gasteiger partial charge in [0.1, 0.15) is 11.2 Å². The van der Waals surface area contributed by atoms with Gasteiger partial charge in [-0.2, -0.15) is 0 Å². The molecule has 58 heavy (non-hydrogen) atoms. The van der Waals surface area contributed by atoms with Crippen LogP contribution < -0.4 is 4.90 Å². The number of para-hydroxylation sites is 1. The van der Waals surface area contributed by atoms with E-state index in [-0.39, 0.29) is 0 Å². The fourth-order valence-corrected chi connectivity index (χ4v) is 8.63. The van der Waals surface area contributed by atoms with Crippen LogP contribution in [0, 0.1) is 0 Å². The highest BCUT2D eigenvalue weighted by molar-refractivity contribution is 6.07. The summed E-state index contributed by atoms with van der Waals surface area (Å²) < 4.78 is 6.49. The highest BCUT2D eigenvalue weighted by Gasteiger charge is 2.21. The van der Waals surface area contributed by atoms with Crippen LogP contribution in [0.1, 0.15) is 0 Å². The topological polar surface area (TPSA) is 16.4 Å². The number of benzene rings is 10. The molecule has 0 spiro atoms. The van der Waals surface area contributed by atoms with Gasteiger partial charge in [0.25, 0.3) is 0 Å². The molecule has 0 unspecified atom stereocenters. The second-order valence-corrected chi connectivity index (χ2v) is 14.9. The van der Waals surface area contributed by atoms with Crippen LogP contribution in [0.4, 0.5) is 17.1 Å². The standard InChI is InChI=1S/C56H37NO/c1-2-12-42(13-3-1)51-34-30-44(50-22-11-17-41-15-5-7-19-48(41)50)36-54(51)57(46-33-35-53-52-20-8-9-23-55(52)58-56(53)37-46)45-31-28-39(29-32-45)38-24-26-43(27-25-38)49-21-10-16-40-14-4-6-18-47(40)49/h1-37H. The molecule has 0 aliphatic heterocycles. The predicted octanol–water partition coefficient (Wildman–Crippen LogP) is 16.0. The number of fused-ring (bicyclic) bond motifs is 5. The molecule has 1 aromatic heterocycles. The Balaban J connectivity index is 1.07. The predicted molar refractivity (Wildman–Crippen MR) is 245 cm³/mol. The van der Waals surface area contributed by atoms with Crippen LogP contribution in [0.5, 0.6) is 0 Å². The lowest BCUT2D eigenvalue weighted by molar-refractivity contribution is 0.669. The van der Waals surface area contributed by atoms with Crippen LogP contribution in [0.3, 0.4) is 0 Å². The average molecular weight is 740 g/mol. The van der Waals surface area contributed by atoms with Gasteiger partial charge in [-0.05, 0) is 96.9 Å². The summed E-state index contributed by atoms with van der Waals surface area (Å²) in [6.45, 7) is 0. The molecule has 11 rings (SSSR count). The molecule has 0 aliphatic carbocycles. The van der Waals surface area contributed by atoms with E-state index in [1.807, 2.05) is 12.1 Å². The van der Waals surface area contributed by atoms with E-state index < -0.39 is 0 Å². The van der Waals surface area contributed by atoms with Crippen molar-refractivity contribution in [2.45, 2.75) is 0 Å². The molecule has 11 aromatic rings. The van der Waals surface area contributed by atoms with Crippen LogP contribution in [0.2, 0.25) is 0 Å². The van der Waals surface area contributed by atoms with E-state index in [0.29, 0.717) is 0 Å². The number of anilines is 3. The lowest BCUT2D eigenvalue weighted by atomic mass is 9.94. The number of hydrogen-bond acceptors (Lipinski definition) is 2. The van der Waals surface area contributed by atoms with Crippen molar-refractivity contribution >= 4 is 60.5 Å². The van der Waals surface area contributed by atoms with Crippen molar-refractivity contribution in [3.63, 3.8) is 0 Å². The van der Waals surface area contributed by atoms with E-state index in [1.165, 1.54) is 43.8 Å². The third-order valence-electron chi connectivity index (χ3n) is 11.5. The van der Waals surface area contributed by atoms with Crippen molar-refractivity contribution in [3.05, 3.63) is 224 Å². The van der Waals surface area contributed by atoms with Crippen LogP contribution in [-0.4, -0.2) is 0 Å². The minimum atomic E-state index is 0.859. The van der Waals surface area contributed by atoms with Gasteiger partial charge in [-0.1, -0.05) is 182 Å². The Morgan fingerprint density at radius 2 is 0.776 bits per heavy atom. The molecule has 2 heteroatoms. The Morgan fingerprint density at radius 3 is 1.48 bits per heavy atom. The molecule has 272 valence electrons. The van der Waals surface area contributed by atoms with E-state index in [9.17, 15) is 0 Å². The summed E-state index contributed by atoms with van der Waals surface area (Å²) in [4.78, 5) is 2.39. The zero-order valence-electron chi connectivity index (χ0n) is 31.7. The van der Waals surface area contributed by atoms with Crippen molar-refractivity contribution < 1.29 is 4.42 Å². The smallest absolute Gasteiger partial charge is 0.137 e. The Bertz CT molecular complexity index is 3260. The zero-order chi connectivity index (χ0) is 38.4. The van der Waals surface area contributed by atoms with Crippen LogP contribution >= 0.6 is 0 Å². The Labute approximate surface area is 337 Å². The summed E-state index contributed by atoms with van der Waals surface area (Å²) in [7, 11) is 0. The molecule has 0 bridgehead atoms. The molecular formula is C56H37NO. The first-order valence-electron chi connectivity index (χ1n) is 19.8. The molecule has 2 nitrogen and oxygen atoms in total. The molecule has 1 heterocycles. The lowest BCUT2D eigenvalue weighted by Gasteiger charge is -2.29. The van der Waals surface area contributed by atoms with Crippen molar-refractivity contribution in [1.29, 1.82) is 0 Å². The summed E-state index contributed by atoms with van der Waals surface area (Å²) in [5, 5.41) is 7.20. The van der Waals surface area contributed by atoms with Gasteiger partial charge in [0, 0.05) is 33.8 Å². The monoisotopic (exact) mass is 739 g/mol. The van der Waals surface area contributed by atoms with Crippen molar-refractivity contribution in [1.82, 2.24) is 0 Å². The number of nitrogens with zero attached hydrogens (tertiary/aromatic N) is 1. The maximum atomic E-state index is 6.49. The van der Waals surface area contributed by atoms with E-state index in [2.05, 4.69) is 217 Å². The Morgan fingerprint density at radius 1 is 0.276 bits per heavy atom. The van der Waals surface area contributed by atoms with E-state index in [1.54, 1.807) is 0 Å². The summed E-state index contributed by atoms with van der Waals surface area (Å²) in [5.41, 5.74) is 14.4. The molecule has 0 atom stereocenters. The third-order valence-corrected chi connectivity index (χ3v) is 11.5. The molecule has 0 saturated heterocycles. The van der Waals surface area contributed by atoms with Crippen molar-refractivity contribution in [3.8, 4) is 44.5 Å². The third kappa shape index (κ3) is 5.91. The maximum absolute atomic E-state index is 6.49. The highest BCUT2D eigenvalue weighted by atomic mass is 16.3. The lowest BCUT2D eigenvalue weighted by Crippen LogP contribution is -2.11. The quantitative estimate of drug-likeness (QED) is 0.162. The summed E-state index contributed by atoms with van der Waals surface area (Å²) in [5.74, 6) is 0. The van der Waals surface area contributed by atoms with Gasteiger partial charge in [0.05, 0.1) is 5.69 Å². The minimum Gasteiger partial charge on any atom is -0.456 e. The van der Waals surface area contributed by atoms with Gasteiger partial charge in [-0.15, -0.1) is 0 Å². The highest BCUT2D eigenvalue weighted by Crippen LogP contribution is 2.45. The SMILES string of the molecule is c1ccc(-c2ccc(-c3cccc4ccccc34)cc2N(c2ccc(-c3ccc(-c4cccc5ccccc45)cc3)cc2)c2ccc3c(c2)oc2ccccc23)cc1. The molecule has 0 N–H and O–H groups in total. The largest absolute Gasteiger partial charge is 0.456 e. The minimum absolute atomic E-state index is 0.859.